The molecule has 1 atom stereocenters. The number of carbonyl (C=O) groups excluding carboxylic acids is 2. The lowest BCUT2D eigenvalue weighted by atomic mass is 9.99. The van der Waals surface area contributed by atoms with Crippen molar-refractivity contribution in [3.63, 3.8) is 0 Å². The summed E-state index contributed by atoms with van der Waals surface area (Å²) in [4.78, 5) is 26.7. The minimum Gasteiger partial charge on any atom is -0.374 e. The summed E-state index contributed by atoms with van der Waals surface area (Å²) in [5, 5.41) is 0. The molecule has 0 bridgehead atoms. The summed E-state index contributed by atoms with van der Waals surface area (Å²) in [5.74, 6) is -0.867. The quantitative estimate of drug-likeness (QED) is 0.790. The van der Waals surface area contributed by atoms with Crippen LogP contribution in [0, 0.1) is 0 Å². The first-order valence-corrected chi connectivity index (χ1v) is 9.82. The summed E-state index contributed by atoms with van der Waals surface area (Å²) in [6.07, 6.45) is -0.102. The first-order chi connectivity index (χ1) is 11.6. The number of rotatable bonds is 2. The Morgan fingerprint density at radius 3 is 2.68 bits per heavy atom. The van der Waals surface area contributed by atoms with Crippen LogP contribution in [0.15, 0.2) is 24.3 Å². The fourth-order valence-corrected chi connectivity index (χ4v) is 4.58. The molecule has 0 aliphatic carbocycles. The number of nitrogens with zero attached hydrogens (tertiary/aromatic N) is 2. The molecule has 8 heteroatoms. The normalized spacial score (nSPS) is 25.2. The van der Waals surface area contributed by atoms with Gasteiger partial charge in [0.1, 0.15) is 0 Å². The molecular weight excluding hydrogens is 344 g/mol. The second-order valence-corrected chi connectivity index (χ2v) is 9.06. The maximum absolute atomic E-state index is 13.0. The van der Waals surface area contributed by atoms with E-state index in [0.29, 0.717) is 18.7 Å². The Bertz CT molecular complexity index is 818. The fraction of sp³-hybridized carbons (Fsp3) is 0.529. The summed E-state index contributed by atoms with van der Waals surface area (Å²) in [7, 11) is -3.65. The molecule has 3 rings (SSSR count). The Morgan fingerprint density at radius 1 is 1.32 bits per heavy atom. The monoisotopic (exact) mass is 366 g/mol. The van der Waals surface area contributed by atoms with Crippen molar-refractivity contribution in [2.45, 2.75) is 38.8 Å². The molecule has 2 amide bonds. The van der Waals surface area contributed by atoms with Gasteiger partial charge in [0.05, 0.1) is 29.7 Å². The van der Waals surface area contributed by atoms with E-state index in [2.05, 4.69) is 0 Å². The van der Waals surface area contributed by atoms with Gasteiger partial charge < -0.3 is 9.64 Å². The van der Waals surface area contributed by atoms with E-state index in [4.69, 9.17) is 4.74 Å². The summed E-state index contributed by atoms with van der Waals surface area (Å²) < 4.78 is 30.6. The molecule has 2 fully saturated rings. The number of hydrogen-bond acceptors (Lipinski definition) is 5. The average Bonchev–Trinajstić information content (AvgIpc) is 2.82. The van der Waals surface area contributed by atoms with E-state index < -0.39 is 21.5 Å². The largest absolute Gasteiger partial charge is 0.374 e. The van der Waals surface area contributed by atoms with E-state index in [1.165, 1.54) is 12.1 Å². The van der Waals surface area contributed by atoms with Crippen LogP contribution < -0.4 is 4.31 Å². The highest BCUT2D eigenvalue weighted by Gasteiger charge is 2.39. The van der Waals surface area contributed by atoms with Gasteiger partial charge in [-0.2, -0.15) is 0 Å². The Morgan fingerprint density at radius 2 is 2.04 bits per heavy atom. The van der Waals surface area contributed by atoms with Crippen molar-refractivity contribution in [3.05, 3.63) is 29.8 Å². The molecule has 2 heterocycles. The number of hydrogen-bond donors (Lipinski definition) is 0. The smallest absolute Gasteiger partial charge is 0.254 e. The summed E-state index contributed by atoms with van der Waals surface area (Å²) in [6.45, 7) is 6.64. The van der Waals surface area contributed by atoms with Crippen molar-refractivity contribution in [1.82, 2.24) is 4.90 Å². The number of amides is 2. The molecule has 25 heavy (non-hydrogen) atoms. The van der Waals surface area contributed by atoms with Gasteiger partial charge in [-0.1, -0.05) is 6.07 Å². The predicted octanol–water partition coefficient (Wildman–Crippen LogP) is 1.39. The van der Waals surface area contributed by atoms with Gasteiger partial charge in [0.15, 0.2) is 0 Å². The molecule has 7 nitrogen and oxygen atoms in total. The SMILES string of the molecule is CC1CN(C(=O)c2cccc(N3C(=O)CCS3(=O)=O)c2)C(C)(C)CO1. The molecule has 136 valence electrons. The molecule has 1 unspecified atom stereocenters. The Labute approximate surface area is 147 Å². The summed E-state index contributed by atoms with van der Waals surface area (Å²) in [6, 6.07) is 6.24. The van der Waals surface area contributed by atoms with Gasteiger partial charge in [0.25, 0.3) is 5.91 Å². The molecule has 0 aromatic heterocycles. The maximum atomic E-state index is 13.0. The van der Waals surface area contributed by atoms with Crippen LogP contribution in [0.2, 0.25) is 0 Å². The highest BCUT2D eigenvalue weighted by molar-refractivity contribution is 7.94. The van der Waals surface area contributed by atoms with Gasteiger partial charge in [0.2, 0.25) is 15.9 Å². The van der Waals surface area contributed by atoms with Gasteiger partial charge in [-0.05, 0) is 39.0 Å². The van der Waals surface area contributed by atoms with Crippen molar-refractivity contribution >= 4 is 27.5 Å². The summed E-state index contributed by atoms with van der Waals surface area (Å²) >= 11 is 0. The number of sulfonamides is 1. The third-order valence-corrected chi connectivity index (χ3v) is 6.23. The first kappa shape index (κ1) is 17.9. The molecule has 2 saturated heterocycles. The lowest BCUT2D eigenvalue weighted by Gasteiger charge is -2.44. The number of benzene rings is 1. The topological polar surface area (TPSA) is 84.0 Å². The van der Waals surface area contributed by atoms with Crippen molar-refractivity contribution in [3.8, 4) is 0 Å². The van der Waals surface area contributed by atoms with Crippen LogP contribution in [-0.4, -0.2) is 55.7 Å². The molecule has 1 aromatic rings. The molecule has 2 aliphatic heterocycles. The van der Waals surface area contributed by atoms with Gasteiger partial charge in [-0.3, -0.25) is 9.59 Å². The third kappa shape index (κ3) is 3.28. The van der Waals surface area contributed by atoms with E-state index in [1.54, 1.807) is 17.0 Å². The summed E-state index contributed by atoms with van der Waals surface area (Å²) in [5.41, 5.74) is 0.108. The van der Waals surface area contributed by atoms with Gasteiger partial charge in [-0.15, -0.1) is 0 Å². The van der Waals surface area contributed by atoms with Gasteiger partial charge in [0, 0.05) is 18.5 Å². The molecular formula is C17H22N2O5S. The fourth-order valence-electron chi connectivity index (χ4n) is 3.13. The highest BCUT2D eigenvalue weighted by atomic mass is 32.2. The van der Waals surface area contributed by atoms with E-state index in [9.17, 15) is 18.0 Å². The zero-order valence-corrected chi connectivity index (χ0v) is 15.4. The Kier molecular flexibility index (Phi) is 4.36. The maximum Gasteiger partial charge on any atom is 0.254 e. The van der Waals surface area contributed by atoms with Crippen molar-refractivity contribution in [2.75, 3.05) is 23.2 Å². The average molecular weight is 366 g/mol. The Balaban J connectivity index is 1.94. The van der Waals surface area contributed by atoms with Crippen LogP contribution in [0.5, 0.6) is 0 Å². The highest BCUT2D eigenvalue weighted by Crippen LogP contribution is 2.28. The number of morpholine rings is 1. The van der Waals surface area contributed by atoms with Crippen LogP contribution >= 0.6 is 0 Å². The zero-order valence-electron chi connectivity index (χ0n) is 14.6. The van der Waals surface area contributed by atoms with Crippen LogP contribution in [0.25, 0.3) is 0 Å². The van der Waals surface area contributed by atoms with E-state index in [-0.39, 0.29) is 29.9 Å². The minimum absolute atomic E-state index is 0.0332. The number of carbonyl (C=O) groups is 2. The molecule has 0 spiro atoms. The van der Waals surface area contributed by atoms with E-state index in [0.717, 1.165) is 4.31 Å². The lowest BCUT2D eigenvalue weighted by molar-refractivity contribution is -0.116. The van der Waals surface area contributed by atoms with E-state index in [1.807, 2.05) is 20.8 Å². The number of ether oxygens (including phenoxy) is 1. The molecule has 2 aliphatic rings. The van der Waals surface area contributed by atoms with Crippen molar-refractivity contribution in [2.24, 2.45) is 0 Å². The number of anilines is 1. The van der Waals surface area contributed by atoms with Crippen LogP contribution in [-0.2, 0) is 19.6 Å². The standard InChI is InChI=1S/C17H22N2O5S/c1-12-10-18(17(2,3)11-24-12)16(21)13-5-4-6-14(9-13)19-15(20)7-8-25(19,22)23/h4-6,9,12H,7-8,10-11H2,1-3H3. The first-order valence-electron chi connectivity index (χ1n) is 8.21. The van der Waals surface area contributed by atoms with Gasteiger partial charge in [-0.25, -0.2) is 12.7 Å². The molecule has 0 saturated carbocycles. The lowest BCUT2D eigenvalue weighted by Crippen LogP contribution is -2.57. The zero-order chi connectivity index (χ0) is 18.4. The third-order valence-electron chi connectivity index (χ3n) is 4.54. The van der Waals surface area contributed by atoms with E-state index >= 15 is 0 Å². The van der Waals surface area contributed by atoms with Gasteiger partial charge >= 0.3 is 0 Å². The predicted molar refractivity (Wildman–Crippen MR) is 92.9 cm³/mol. The van der Waals surface area contributed by atoms with Crippen LogP contribution in [0.4, 0.5) is 5.69 Å². The van der Waals surface area contributed by atoms with Crippen LogP contribution in [0.1, 0.15) is 37.6 Å². The second kappa shape index (κ2) is 6.10. The van der Waals surface area contributed by atoms with Crippen molar-refractivity contribution < 1.29 is 22.7 Å². The molecule has 0 N–H and O–H groups in total. The molecule has 0 radical (unpaired) electrons. The van der Waals surface area contributed by atoms with Crippen molar-refractivity contribution in [1.29, 1.82) is 0 Å². The van der Waals surface area contributed by atoms with Crippen LogP contribution in [0.3, 0.4) is 0 Å². The molecule has 1 aromatic carbocycles. The Hall–Kier alpha value is -1.93. The minimum atomic E-state index is -3.65. The second-order valence-electron chi connectivity index (χ2n) is 7.12.